The van der Waals surface area contributed by atoms with Crippen molar-refractivity contribution >= 4 is 11.8 Å². The predicted molar refractivity (Wildman–Crippen MR) is 85.3 cm³/mol. The number of hydrogen-bond donors (Lipinski definition) is 1. The van der Waals surface area contributed by atoms with Crippen LogP contribution in [-0.4, -0.2) is 6.04 Å². The van der Waals surface area contributed by atoms with Crippen molar-refractivity contribution in [3.05, 3.63) is 71.0 Å². The van der Waals surface area contributed by atoms with Crippen molar-refractivity contribution in [2.45, 2.75) is 30.9 Å². The molecular weight excluding hydrogens is 269 g/mol. The molecule has 2 unspecified atom stereocenters. The van der Waals surface area contributed by atoms with Gasteiger partial charge < -0.3 is 5.73 Å². The molecule has 0 radical (unpaired) electrons. The molecule has 2 rings (SSSR count). The first-order valence-electron chi connectivity index (χ1n) is 6.74. The molecule has 20 heavy (non-hydrogen) atoms. The van der Waals surface area contributed by atoms with Crippen molar-refractivity contribution in [1.29, 1.82) is 0 Å². The van der Waals surface area contributed by atoms with E-state index in [9.17, 15) is 4.39 Å². The zero-order valence-corrected chi connectivity index (χ0v) is 12.7. The third kappa shape index (κ3) is 4.09. The molecule has 0 bridgehead atoms. The van der Waals surface area contributed by atoms with Crippen molar-refractivity contribution < 1.29 is 4.39 Å². The van der Waals surface area contributed by atoms with Crippen LogP contribution in [0, 0.1) is 12.7 Å². The second kappa shape index (κ2) is 6.91. The Morgan fingerprint density at radius 1 is 1.15 bits per heavy atom. The molecule has 0 heterocycles. The van der Waals surface area contributed by atoms with Gasteiger partial charge in [0.15, 0.2) is 0 Å². The van der Waals surface area contributed by atoms with Crippen LogP contribution in [-0.2, 0) is 5.75 Å². The van der Waals surface area contributed by atoms with Crippen LogP contribution in [0.5, 0.6) is 0 Å². The Morgan fingerprint density at radius 2 is 1.90 bits per heavy atom. The lowest BCUT2D eigenvalue weighted by Crippen LogP contribution is -2.22. The molecule has 0 aliphatic rings. The monoisotopic (exact) mass is 289 g/mol. The number of thioether (sulfide) groups is 1. The van der Waals surface area contributed by atoms with Crippen LogP contribution in [0.3, 0.4) is 0 Å². The van der Waals surface area contributed by atoms with Crippen LogP contribution >= 0.6 is 11.8 Å². The largest absolute Gasteiger partial charge is 0.327 e. The van der Waals surface area contributed by atoms with E-state index < -0.39 is 0 Å². The summed E-state index contributed by atoms with van der Waals surface area (Å²) in [4.78, 5) is 0. The van der Waals surface area contributed by atoms with Gasteiger partial charge in [-0.15, -0.1) is 11.8 Å². The molecule has 0 aliphatic carbocycles. The summed E-state index contributed by atoms with van der Waals surface area (Å²) in [6.07, 6.45) is 0. The summed E-state index contributed by atoms with van der Waals surface area (Å²) in [6.45, 7) is 4.06. The molecule has 2 atom stereocenters. The molecule has 106 valence electrons. The standard InChI is InChI=1S/C17H20FNS/c1-12-5-3-6-14(9-12)11-20-17(13(2)19)15-7-4-8-16(18)10-15/h3-10,13,17H,11,19H2,1-2H3. The van der Waals surface area contributed by atoms with E-state index in [1.165, 1.54) is 17.2 Å². The highest BCUT2D eigenvalue weighted by molar-refractivity contribution is 7.98. The third-order valence-corrected chi connectivity index (χ3v) is 4.73. The van der Waals surface area contributed by atoms with Crippen LogP contribution in [0.15, 0.2) is 48.5 Å². The van der Waals surface area contributed by atoms with Gasteiger partial charge in [-0.2, -0.15) is 0 Å². The lowest BCUT2D eigenvalue weighted by atomic mass is 10.1. The summed E-state index contributed by atoms with van der Waals surface area (Å²) >= 11 is 1.76. The molecule has 0 saturated carbocycles. The van der Waals surface area contributed by atoms with Crippen LogP contribution < -0.4 is 5.73 Å². The second-order valence-electron chi connectivity index (χ2n) is 5.13. The normalized spacial score (nSPS) is 14.0. The first-order chi connectivity index (χ1) is 9.56. The van der Waals surface area contributed by atoms with Gasteiger partial charge in [0.25, 0.3) is 0 Å². The molecule has 1 nitrogen and oxygen atoms in total. The summed E-state index contributed by atoms with van der Waals surface area (Å²) in [5, 5.41) is 0.103. The van der Waals surface area contributed by atoms with Gasteiger partial charge in [0, 0.05) is 17.0 Å². The summed E-state index contributed by atoms with van der Waals surface area (Å²) in [5.41, 5.74) is 9.56. The first-order valence-corrected chi connectivity index (χ1v) is 7.79. The highest BCUT2D eigenvalue weighted by atomic mass is 32.2. The van der Waals surface area contributed by atoms with E-state index in [4.69, 9.17) is 5.73 Å². The molecule has 2 aromatic rings. The zero-order valence-electron chi connectivity index (χ0n) is 11.8. The van der Waals surface area contributed by atoms with Crippen molar-refractivity contribution in [3.8, 4) is 0 Å². The highest BCUT2D eigenvalue weighted by Gasteiger charge is 2.17. The van der Waals surface area contributed by atoms with Gasteiger partial charge in [-0.3, -0.25) is 0 Å². The predicted octanol–water partition coefficient (Wildman–Crippen LogP) is 4.46. The SMILES string of the molecule is Cc1cccc(CSC(c2cccc(F)c2)C(C)N)c1. The molecule has 0 aromatic heterocycles. The maximum atomic E-state index is 13.4. The van der Waals surface area contributed by atoms with Gasteiger partial charge in [0.1, 0.15) is 5.82 Å². The fourth-order valence-electron chi connectivity index (χ4n) is 2.22. The number of benzene rings is 2. The van der Waals surface area contributed by atoms with E-state index in [2.05, 4.69) is 31.2 Å². The molecule has 0 aliphatic heterocycles. The number of halogens is 1. The summed E-state index contributed by atoms with van der Waals surface area (Å²) in [7, 11) is 0. The van der Waals surface area contributed by atoms with E-state index in [0.29, 0.717) is 0 Å². The molecule has 2 N–H and O–H groups in total. The molecule has 3 heteroatoms. The van der Waals surface area contributed by atoms with Gasteiger partial charge in [-0.05, 0) is 37.1 Å². The quantitative estimate of drug-likeness (QED) is 0.879. The van der Waals surface area contributed by atoms with Crippen LogP contribution in [0.25, 0.3) is 0 Å². The summed E-state index contributed by atoms with van der Waals surface area (Å²) in [6, 6.07) is 15.2. The molecule has 0 fully saturated rings. The van der Waals surface area contributed by atoms with Gasteiger partial charge in [-0.1, -0.05) is 42.0 Å². The minimum absolute atomic E-state index is 0.0217. The van der Waals surface area contributed by atoms with E-state index in [1.807, 2.05) is 13.0 Å². The topological polar surface area (TPSA) is 26.0 Å². The Bertz CT molecular complexity index is 568. The molecule has 0 spiro atoms. The first kappa shape index (κ1) is 15.1. The number of aryl methyl sites for hydroxylation is 1. The van der Waals surface area contributed by atoms with Crippen LogP contribution in [0.1, 0.15) is 28.9 Å². The fraction of sp³-hybridized carbons (Fsp3) is 0.294. The summed E-state index contributed by atoms with van der Waals surface area (Å²) in [5.74, 6) is 0.675. The van der Waals surface area contributed by atoms with E-state index >= 15 is 0 Å². The van der Waals surface area contributed by atoms with Gasteiger partial charge in [-0.25, -0.2) is 4.39 Å². The van der Waals surface area contributed by atoms with Crippen LogP contribution in [0.2, 0.25) is 0 Å². The lowest BCUT2D eigenvalue weighted by Gasteiger charge is -2.21. The second-order valence-corrected chi connectivity index (χ2v) is 6.26. The van der Waals surface area contributed by atoms with E-state index in [0.717, 1.165) is 11.3 Å². The van der Waals surface area contributed by atoms with Crippen LogP contribution in [0.4, 0.5) is 4.39 Å². The Hall–Kier alpha value is -1.32. The molecule has 0 saturated heterocycles. The third-order valence-electron chi connectivity index (χ3n) is 3.17. The van der Waals surface area contributed by atoms with Crippen molar-refractivity contribution in [2.24, 2.45) is 5.73 Å². The van der Waals surface area contributed by atoms with Gasteiger partial charge in [0.2, 0.25) is 0 Å². The highest BCUT2D eigenvalue weighted by Crippen LogP contribution is 2.34. The Morgan fingerprint density at radius 3 is 2.55 bits per heavy atom. The molecule has 2 aromatic carbocycles. The molecule has 0 amide bonds. The number of hydrogen-bond acceptors (Lipinski definition) is 2. The maximum Gasteiger partial charge on any atom is 0.123 e. The average molecular weight is 289 g/mol. The smallest absolute Gasteiger partial charge is 0.123 e. The van der Waals surface area contributed by atoms with Crippen molar-refractivity contribution in [3.63, 3.8) is 0 Å². The number of nitrogens with two attached hydrogens (primary N) is 1. The van der Waals surface area contributed by atoms with E-state index in [1.54, 1.807) is 23.9 Å². The minimum atomic E-state index is -0.204. The van der Waals surface area contributed by atoms with Gasteiger partial charge in [0.05, 0.1) is 0 Å². The zero-order chi connectivity index (χ0) is 14.5. The van der Waals surface area contributed by atoms with Gasteiger partial charge >= 0.3 is 0 Å². The Kier molecular flexibility index (Phi) is 5.21. The summed E-state index contributed by atoms with van der Waals surface area (Å²) < 4.78 is 13.4. The van der Waals surface area contributed by atoms with E-state index in [-0.39, 0.29) is 17.1 Å². The van der Waals surface area contributed by atoms with Crippen molar-refractivity contribution in [2.75, 3.05) is 0 Å². The molecular formula is C17H20FNS. The lowest BCUT2D eigenvalue weighted by molar-refractivity contribution is 0.622. The van der Waals surface area contributed by atoms with Crippen molar-refractivity contribution in [1.82, 2.24) is 0 Å². The average Bonchev–Trinajstić information content (AvgIpc) is 2.38. The Labute approximate surface area is 124 Å². The maximum absolute atomic E-state index is 13.4. The minimum Gasteiger partial charge on any atom is -0.327 e. The Balaban J connectivity index is 2.10. The fourth-order valence-corrected chi connectivity index (χ4v) is 3.42. The number of rotatable bonds is 5.